The summed E-state index contributed by atoms with van der Waals surface area (Å²) in [6.45, 7) is 9.23. The van der Waals surface area contributed by atoms with Gasteiger partial charge >= 0.3 is 0 Å². The van der Waals surface area contributed by atoms with Crippen molar-refractivity contribution in [2.75, 3.05) is 39.4 Å². The average molecular weight is 202 g/mol. The van der Waals surface area contributed by atoms with Crippen LogP contribution in [0.2, 0.25) is 0 Å². The Labute approximate surface area is 86.3 Å². The van der Waals surface area contributed by atoms with Crippen molar-refractivity contribution in [3.63, 3.8) is 0 Å². The molecule has 0 aromatic carbocycles. The zero-order valence-corrected chi connectivity index (χ0v) is 9.24. The maximum absolute atomic E-state index is 5.66. The lowest BCUT2D eigenvalue weighted by molar-refractivity contribution is -0.0765. The summed E-state index contributed by atoms with van der Waals surface area (Å²) in [6.07, 6.45) is 0.485. The van der Waals surface area contributed by atoms with Crippen LogP contribution >= 0.6 is 0 Å². The topological polar surface area (TPSA) is 47.7 Å². The van der Waals surface area contributed by atoms with Gasteiger partial charge in [0, 0.05) is 32.8 Å². The van der Waals surface area contributed by atoms with Crippen LogP contribution in [0, 0.1) is 0 Å². The molecule has 0 bridgehead atoms. The summed E-state index contributed by atoms with van der Waals surface area (Å²) in [6, 6.07) is 0. The van der Waals surface area contributed by atoms with Crippen LogP contribution in [0.3, 0.4) is 0 Å². The van der Waals surface area contributed by atoms with Gasteiger partial charge in [-0.05, 0) is 13.8 Å². The SMILES string of the molecule is CCOCCN1CC(C)OC(CN)C1. The van der Waals surface area contributed by atoms with Gasteiger partial charge in [-0.25, -0.2) is 0 Å². The summed E-state index contributed by atoms with van der Waals surface area (Å²) in [4.78, 5) is 2.36. The molecule has 0 radical (unpaired) electrons. The van der Waals surface area contributed by atoms with Gasteiger partial charge in [-0.3, -0.25) is 4.90 Å². The van der Waals surface area contributed by atoms with E-state index in [0.717, 1.165) is 32.8 Å². The van der Waals surface area contributed by atoms with E-state index in [2.05, 4.69) is 11.8 Å². The second kappa shape index (κ2) is 6.35. The third-order valence-electron chi connectivity index (χ3n) is 2.42. The molecule has 2 N–H and O–H groups in total. The average Bonchev–Trinajstić information content (AvgIpc) is 2.17. The predicted octanol–water partition coefficient (Wildman–Crippen LogP) is 0.0709. The van der Waals surface area contributed by atoms with Crippen molar-refractivity contribution < 1.29 is 9.47 Å². The molecule has 0 aromatic heterocycles. The summed E-state index contributed by atoms with van der Waals surface area (Å²) >= 11 is 0. The van der Waals surface area contributed by atoms with Crippen molar-refractivity contribution in [3.05, 3.63) is 0 Å². The molecule has 0 aliphatic carbocycles. The van der Waals surface area contributed by atoms with E-state index in [1.165, 1.54) is 0 Å². The van der Waals surface area contributed by atoms with Crippen LogP contribution in [-0.2, 0) is 9.47 Å². The van der Waals surface area contributed by atoms with Gasteiger partial charge in [0.2, 0.25) is 0 Å². The predicted molar refractivity (Wildman–Crippen MR) is 56.3 cm³/mol. The number of rotatable bonds is 5. The Bertz CT molecular complexity index is 155. The molecule has 0 spiro atoms. The van der Waals surface area contributed by atoms with E-state index in [4.69, 9.17) is 15.2 Å². The second-order valence-electron chi connectivity index (χ2n) is 3.76. The maximum atomic E-state index is 5.66. The van der Waals surface area contributed by atoms with Gasteiger partial charge in [0.1, 0.15) is 0 Å². The van der Waals surface area contributed by atoms with Crippen molar-refractivity contribution in [2.24, 2.45) is 5.73 Å². The smallest absolute Gasteiger partial charge is 0.0828 e. The molecule has 1 rings (SSSR count). The lowest BCUT2D eigenvalue weighted by atomic mass is 10.2. The van der Waals surface area contributed by atoms with Gasteiger partial charge in [0.15, 0.2) is 0 Å². The van der Waals surface area contributed by atoms with Crippen molar-refractivity contribution >= 4 is 0 Å². The minimum atomic E-state index is 0.195. The highest BCUT2D eigenvalue weighted by molar-refractivity contribution is 4.75. The van der Waals surface area contributed by atoms with Crippen molar-refractivity contribution in [1.29, 1.82) is 0 Å². The third kappa shape index (κ3) is 3.92. The highest BCUT2D eigenvalue weighted by Crippen LogP contribution is 2.09. The number of morpholine rings is 1. The van der Waals surface area contributed by atoms with Crippen LogP contribution in [0.15, 0.2) is 0 Å². The summed E-state index contributed by atoms with van der Waals surface area (Å²) < 4.78 is 11.0. The van der Waals surface area contributed by atoms with Gasteiger partial charge in [-0.1, -0.05) is 0 Å². The van der Waals surface area contributed by atoms with Gasteiger partial charge < -0.3 is 15.2 Å². The van der Waals surface area contributed by atoms with E-state index in [1.54, 1.807) is 0 Å². The minimum Gasteiger partial charge on any atom is -0.380 e. The molecule has 14 heavy (non-hydrogen) atoms. The lowest BCUT2D eigenvalue weighted by Gasteiger charge is -2.36. The summed E-state index contributed by atoms with van der Waals surface area (Å²) in [5.74, 6) is 0. The van der Waals surface area contributed by atoms with Gasteiger partial charge in [0.05, 0.1) is 18.8 Å². The highest BCUT2D eigenvalue weighted by Gasteiger charge is 2.23. The molecule has 4 heteroatoms. The molecular weight excluding hydrogens is 180 g/mol. The van der Waals surface area contributed by atoms with Crippen LogP contribution < -0.4 is 5.73 Å². The number of hydrogen-bond donors (Lipinski definition) is 1. The number of nitrogens with two attached hydrogens (primary N) is 1. The fourth-order valence-electron chi connectivity index (χ4n) is 1.79. The molecule has 1 aliphatic rings. The molecule has 0 saturated carbocycles. The number of ether oxygens (including phenoxy) is 2. The van der Waals surface area contributed by atoms with Gasteiger partial charge in [0.25, 0.3) is 0 Å². The number of nitrogens with zero attached hydrogens (tertiary/aromatic N) is 1. The fraction of sp³-hybridized carbons (Fsp3) is 1.00. The Morgan fingerprint density at radius 2 is 2.29 bits per heavy atom. The molecule has 2 atom stereocenters. The van der Waals surface area contributed by atoms with Crippen LogP contribution in [-0.4, -0.2) is 56.5 Å². The highest BCUT2D eigenvalue weighted by atomic mass is 16.5. The minimum absolute atomic E-state index is 0.195. The van der Waals surface area contributed by atoms with Crippen molar-refractivity contribution in [1.82, 2.24) is 4.90 Å². The maximum Gasteiger partial charge on any atom is 0.0828 e. The molecule has 1 aliphatic heterocycles. The van der Waals surface area contributed by atoms with E-state index in [1.807, 2.05) is 6.92 Å². The van der Waals surface area contributed by atoms with Crippen LogP contribution in [0.1, 0.15) is 13.8 Å². The molecule has 1 fully saturated rings. The lowest BCUT2D eigenvalue weighted by Crippen LogP contribution is -2.50. The Kier molecular flexibility index (Phi) is 5.40. The van der Waals surface area contributed by atoms with E-state index in [0.29, 0.717) is 12.6 Å². The first-order valence-electron chi connectivity index (χ1n) is 5.41. The summed E-state index contributed by atoms with van der Waals surface area (Å²) in [5.41, 5.74) is 5.60. The first-order chi connectivity index (χ1) is 6.76. The van der Waals surface area contributed by atoms with Crippen LogP contribution in [0.4, 0.5) is 0 Å². The monoisotopic (exact) mass is 202 g/mol. The Balaban J connectivity index is 2.23. The normalized spacial score (nSPS) is 29.4. The fourth-order valence-corrected chi connectivity index (χ4v) is 1.79. The first kappa shape index (κ1) is 11.9. The molecule has 2 unspecified atom stereocenters. The van der Waals surface area contributed by atoms with Crippen LogP contribution in [0.25, 0.3) is 0 Å². The Morgan fingerprint density at radius 3 is 2.93 bits per heavy atom. The standard InChI is InChI=1S/C10H22N2O2/c1-3-13-5-4-12-7-9(2)14-10(6-11)8-12/h9-10H,3-8,11H2,1-2H3. The summed E-state index contributed by atoms with van der Waals surface area (Å²) in [7, 11) is 0. The Morgan fingerprint density at radius 1 is 1.50 bits per heavy atom. The molecule has 1 heterocycles. The van der Waals surface area contributed by atoms with E-state index in [-0.39, 0.29) is 6.10 Å². The van der Waals surface area contributed by atoms with Gasteiger partial charge in [-0.2, -0.15) is 0 Å². The molecule has 1 saturated heterocycles. The van der Waals surface area contributed by atoms with Gasteiger partial charge in [-0.15, -0.1) is 0 Å². The van der Waals surface area contributed by atoms with E-state index in [9.17, 15) is 0 Å². The zero-order valence-electron chi connectivity index (χ0n) is 9.24. The summed E-state index contributed by atoms with van der Waals surface area (Å²) in [5, 5.41) is 0. The van der Waals surface area contributed by atoms with Crippen LogP contribution in [0.5, 0.6) is 0 Å². The van der Waals surface area contributed by atoms with Crippen molar-refractivity contribution in [2.45, 2.75) is 26.1 Å². The van der Waals surface area contributed by atoms with E-state index < -0.39 is 0 Å². The second-order valence-corrected chi connectivity index (χ2v) is 3.76. The van der Waals surface area contributed by atoms with Crippen molar-refractivity contribution in [3.8, 4) is 0 Å². The number of hydrogen-bond acceptors (Lipinski definition) is 4. The zero-order chi connectivity index (χ0) is 10.4. The molecule has 84 valence electrons. The Hall–Kier alpha value is -0.160. The largest absolute Gasteiger partial charge is 0.380 e. The third-order valence-corrected chi connectivity index (χ3v) is 2.42. The molecule has 0 aromatic rings. The molecular formula is C10H22N2O2. The molecule has 4 nitrogen and oxygen atoms in total. The first-order valence-corrected chi connectivity index (χ1v) is 5.41. The van der Waals surface area contributed by atoms with E-state index >= 15 is 0 Å². The molecule has 0 amide bonds. The quantitative estimate of drug-likeness (QED) is 0.641.